The Morgan fingerprint density at radius 1 is 1.33 bits per heavy atom. The third-order valence-electron chi connectivity index (χ3n) is 4.10. The summed E-state index contributed by atoms with van der Waals surface area (Å²) >= 11 is 0. The lowest BCUT2D eigenvalue weighted by atomic mass is 10.1. The van der Waals surface area contributed by atoms with E-state index in [-0.39, 0.29) is 28.9 Å². The standard InChI is InChI=1S/C19H19NO4/c1-23-18-13-24-17(12-16(18)21)19(22)20-11-5-8-15(20)10-9-14-6-3-2-4-7-14/h2-4,6-7,9-10,12-13,15H,5,8,11H2,1H3/b10-9+. The molecule has 0 spiro atoms. The van der Waals surface area contributed by atoms with E-state index in [9.17, 15) is 9.59 Å². The molecule has 1 unspecified atom stereocenters. The monoisotopic (exact) mass is 325 g/mol. The van der Waals surface area contributed by atoms with E-state index in [2.05, 4.69) is 0 Å². The molecule has 0 saturated carbocycles. The van der Waals surface area contributed by atoms with Crippen LogP contribution in [-0.4, -0.2) is 30.5 Å². The highest BCUT2D eigenvalue weighted by Gasteiger charge is 2.29. The Morgan fingerprint density at radius 2 is 2.12 bits per heavy atom. The zero-order valence-corrected chi connectivity index (χ0v) is 13.5. The molecule has 1 aromatic heterocycles. The Morgan fingerprint density at radius 3 is 2.83 bits per heavy atom. The SMILES string of the molecule is COc1coc(C(=O)N2CCCC2/C=C/c2ccccc2)cc1=O. The molecule has 0 N–H and O–H groups in total. The van der Waals surface area contributed by atoms with Crippen molar-refractivity contribution in [2.24, 2.45) is 0 Å². The number of amides is 1. The first-order chi connectivity index (χ1) is 11.7. The van der Waals surface area contributed by atoms with E-state index in [1.807, 2.05) is 42.5 Å². The van der Waals surface area contributed by atoms with E-state index >= 15 is 0 Å². The maximum atomic E-state index is 12.6. The minimum absolute atomic E-state index is 0.00473. The number of methoxy groups -OCH3 is 1. The van der Waals surface area contributed by atoms with Gasteiger partial charge < -0.3 is 14.1 Å². The number of hydrogen-bond acceptors (Lipinski definition) is 4. The molecule has 2 aromatic rings. The van der Waals surface area contributed by atoms with Crippen molar-refractivity contribution in [3.8, 4) is 5.75 Å². The number of ether oxygens (including phenoxy) is 1. The first-order valence-electron chi connectivity index (χ1n) is 7.90. The molecule has 0 radical (unpaired) electrons. The third kappa shape index (κ3) is 3.40. The second-order valence-electron chi connectivity index (χ2n) is 5.65. The number of rotatable bonds is 4. The minimum Gasteiger partial charge on any atom is -0.490 e. The van der Waals surface area contributed by atoms with Gasteiger partial charge >= 0.3 is 0 Å². The Bertz CT molecular complexity index is 795. The zero-order valence-electron chi connectivity index (χ0n) is 13.5. The molecule has 2 heterocycles. The van der Waals surface area contributed by atoms with Gasteiger partial charge in [-0.1, -0.05) is 42.5 Å². The summed E-state index contributed by atoms with van der Waals surface area (Å²) in [6.45, 7) is 0.651. The summed E-state index contributed by atoms with van der Waals surface area (Å²) < 4.78 is 10.1. The minimum atomic E-state index is -0.359. The molecule has 1 aliphatic rings. The summed E-state index contributed by atoms with van der Waals surface area (Å²) in [5.41, 5.74) is 0.732. The molecule has 3 rings (SSSR count). The van der Waals surface area contributed by atoms with Crippen LogP contribution in [0, 0.1) is 0 Å². The lowest BCUT2D eigenvalue weighted by Crippen LogP contribution is -2.34. The molecular formula is C19H19NO4. The van der Waals surface area contributed by atoms with E-state index in [0.29, 0.717) is 6.54 Å². The van der Waals surface area contributed by atoms with Crippen molar-refractivity contribution >= 4 is 12.0 Å². The fourth-order valence-electron chi connectivity index (χ4n) is 2.83. The first-order valence-corrected chi connectivity index (χ1v) is 7.90. The summed E-state index contributed by atoms with van der Waals surface area (Å²) in [4.78, 5) is 26.2. The van der Waals surface area contributed by atoms with Gasteiger partial charge in [-0.15, -0.1) is 0 Å². The van der Waals surface area contributed by atoms with Crippen molar-refractivity contribution in [2.45, 2.75) is 18.9 Å². The Hall–Kier alpha value is -2.82. The third-order valence-corrected chi connectivity index (χ3v) is 4.10. The predicted octanol–water partition coefficient (Wildman–Crippen LogP) is 2.97. The summed E-state index contributed by atoms with van der Waals surface area (Å²) in [6, 6.07) is 11.1. The molecule has 1 aromatic carbocycles. The number of hydrogen-bond donors (Lipinski definition) is 0. The molecule has 1 amide bonds. The predicted molar refractivity (Wildman–Crippen MR) is 91.1 cm³/mol. The van der Waals surface area contributed by atoms with Gasteiger partial charge in [-0.25, -0.2) is 0 Å². The fraction of sp³-hybridized carbons (Fsp3) is 0.263. The summed E-state index contributed by atoms with van der Waals surface area (Å²) in [5.74, 6) is -0.135. The van der Waals surface area contributed by atoms with Crippen molar-refractivity contribution in [1.82, 2.24) is 4.90 Å². The van der Waals surface area contributed by atoms with Gasteiger partial charge in [0.1, 0.15) is 6.26 Å². The average molecular weight is 325 g/mol. The van der Waals surface area contributed by atoms with Crippen molar-refractivity contribution < 1.29 is 13.9 Å². The lowest BCUT2D eigenvalue weighted by molar-refractivity contribution is 0.0726. The van der Waals surface area contributed by atoms with Gasteiger partial charge in [-0.3, -0.25) is 9.59 Å². The van der Waals surface area contributed by atoms with Gasteiger partial charge in [0.05, 0.1) is 13.2 Å². The number of benzene rings is 1. The van der Waals surface area contributed by atoms with Crippen molar-refractivity contribution in [2.75, 3.05) is 13.7 Å². The smallest absolute Gasteiger partial charge is 0.290 e. The highest BCUT2D eigenvalue weighted by atomic mass is 16.5. The zero-order chi connectivity index (χ0) is 16.9. The van der Waals surface area contributed by atoms with Crippen LogP contribution in [0.25, 0.3) is 6.08 Å². The summed E-state index contributed by atoms with van der Waals surface area (Å²) in [5, 5.41) is 0. The number of likely N-dealkylation sites (tertiary alicyclic amines) is 1. The van der Waals surface area contributed by atoms with Crippen LogP contribution in [0.2, 0.25) is 0 Å². The van der Waals surface area contributed by atoms with Crippen molar-refractivity contribution in [1.29, 1.82) is 0 Å². The molecule has 1 aliphatic heterocycles. The number of carbonyl (C=O) groups is 1. The topological polar surface area (TPSA) is 59.8 Å². The Labute approximate surface area is 140 Å². The van der Waals surface area contributed by atoms with Gasteiger partial charge in [-0.2, -0.15) is 0 Å². The summed E-state index contributed by atoms with van der Waals surface area (Å²) in [7, 11) is 1.39. The second-order valence-corrected chi connectivity index (χ2v) is 5.65. The van der Waals surface area contributed by atoms with Gasteiger partial charge in [0.2, 0.25) is 11.2 Å². The maximum Gasteiger partial charge on any atom is 0.290 e. The van der Waals surface area contributed by atoms with Crippen LogP contribution >= 0.6 is 0 Å². The van der Waals surface area contributed by atoms with Crippen LogP contribution in [0.15, 0.2) is 57.9 Å². The van der Waals surface area contributed by atoms with Crippen molar-refractivity contribution in [3.05, 3.63) is 70.3 Å². The van der Waals surface area contributed by atoms with E-state index in [1.54, 1.807) is 4.90 Å². The molecule has 5 nitrogen and oxygen atoms in total. The van der Waals surface area contributed by atoms with Gasteiger partial charge in [0.15, 0.2) is 5.76 Å². The molecule has 0 aliphatic carbocycles. The molecule has 0 bridgehead atoms. The quantitative estimate of drug-likeness (QED) is 0.867. The normalized spacial score (nSPS) is 17.4. The van der Waals surface area contributed by atoms with Gasteiger partial charge in [-0.05, 0) is 18.4 Å². The average Bonchev–Trinajstić information content (AvgIpc) is 3.08. The van der Waals surface area contributed by atoms with Crippen LogP contribution in [0.1, 0.15) is 29.0 Å². The molecule has 1 atom stereocenters. The Balaban J connectivity index is 1.77. The number of nitrogens with zero attached hydrogens (tertiary/aromatic N) is 1. The van der Waals surface area contributed by atoms with Crippen LogP contribution in [0.3, 0.4) is 0 Å². The lowest BCUT2D eigenvalue weighted by Gasteiger charge is -2.21. The van der Waals surface area contributed by atoms with Crippen LogP contribution in [0.4, 0.5) is 0 Å². The van der Waals surface area contributed by atoms with Gasteiger partial charge in [0.25, 0.3) is 5.91 Å². The summed E-state index contributed by atoms with van der Waals surface area (Å²) in [6.07, 6.45) is 7.05. The Kier molecular flexibility index (Phi) is 4.79. The van der Waals surface area contributed by atoms with Crippen molar-refractivity contribution in [3.63, 3.8) is 0 Å². The number of carbonyl (C=O) groups excluding carboxylic acids is 1. The second kappa shape index (κ2) is 7.17. The van der Waals surface area contributed by atoms with Crippen LogP contribution < -0.4 is 10.2 Å². The highest BCUT2D eigenvalue weighted by Crippen LogP contribution is 2.22. The fourth-order valence-corrected chi connectivity index (χ4v) is 2.83. The van der Waals surface area contributed by atoms with E-state index in [1.165, 1.54) is 19.4 Å². The maximum absolute atomic E-state index is 12.6. The molecule has 5 heteroatoms. The molecular weight excluding hydrogens is 306 g/mol. The molecule has 1 fully saturated rings. The van der Waals surface area contributed by atoms with E-state index < -0.39 is 0 Å². The molecule has 124 valence electrons. The van der Waals surface area contributed by atoms with E-state index in [0.717, 1.165) is 18.4 Å². The molecule has 1 saturated heterocycles. The van der Waals surface area contributed by atoms with Gasteiger partial charge in [0, 0.05) is 12.6 Å². The largest absolute Gasteiger partial charge is 0.490 e. The van der Waals surface area contributed by atoms with Crippen LogP contribution in [-0.2, 0) is 0 Å². The molecule has 24 heavy (non-hydrogen) atoms. The van der Waals surface area contributed by atoms with Crippen LogP contribution in [0.5, 0.6) is 5.75 Å². The highest BCUT2D eigenvalue weighted by molar-refractivity contribution is 5.92. The van der Waals surface area contributed by atoms with E-state index in [4.69, 9.17) is 9.15 Å². The first kappa shape index (κ1) is 16.1.